The average molecular weight is 367 g/mol. The standard InChI is InChI=1S/C10H8BrIS/c1-2-6-7-4-3-5-8(11)9(7)13-10(6)12/h3-5H,2H2,1H3. The maximum absolute atomic E-state index is 3.58. The minimum absolute atomic E-state index is 1.12. The van der Waals surface area contributed by atoms with Crippen molar-refractivity contribution >= 4 is 59.9 Å². The van der Waals surface area contributed by atoms with Crippen LogP contribution in [0.25, 0.3) is 10.1 Å². The van der Waals surface area contributed by atoms with Gasteiger partial charge in [-0.15, -0.1) is 11.3 Å². The third-order valence-electron chi connectivity index (χ3n) is 2.07. The van der Waals surface area contributed by atoms with Crippen molar-refractivity contribution in [1.82, 2.24) is 0 Å². The van der Waals surface area contributed by atoms with Crippen LogP contribution in [0, 0.1) is 2.88 Å². The maximum atomic E-state index is 3.58. The molecule has 2 rings (SSSR count). The molecule has 0 radical (unpaired) electrons. The Labute approximate surface area is 104 Å². The molecule has 0 nitrogen and oxygen atoms in total. The van der Waals surface area contributed by atoms with Gasteiger partial charge in [0.2, 0.25) is 0 Å². The third-order valence-corrected chi connectivity index (χ3v) is 5.38. The van der Waals surface area contributed by atoms with Crippen molar-refractivity contribution in [1.29, 1.82) is 0 Å². The molecule has 0 amide bonds. The fourth-order valence-electron chi connectivity index (χ4n) is 1.44. The summed E-state index contributed by atoms with van der Waals surface area (Å²) in [7, 11) is 0. The van der Waals surface area contributed by atoms with Crippen molar-refractivity contribution in [2.75, 3.05) is 0 Å². The van der Waals surface area contributed by atoms with Crippen molar-refractivity contribution in [2.45, 2.75) is 13.3 Å². The summed E-state index contributed by atoms with van der Waals surface area (Å²) in [5, 5.41) is 1.41. The molecule has 13 heavy (non-hydrogen) atoms. The highest BCUT2D eigenvalue weighted by Crippen LogP contribution is 2.36. The normalized spacial score (nSPS) is 11.0. The van der Waals surface area contributed by atoms with E-state index in [0.717, 1.165) is 6.42 Å². The number of hydrogen-bond acceptors (Lipinski definition) is 1. The van der Waals surface area contributed by atoms with Crippen LogP contribution >= 0.6 is 49.9 Å². The molecule has 1 aromatic carbocycles. The van der Waals surface area contributed by atoms with Crippen LogP contribution in [0.4, 0.5) is 0 Å². The molecule has 1 aromatic heterocycles. The zero-order valence-corrected chi connectivity index (χ0v) is 11.7. The molecule has 0 saturated heterocycles. The van der Waals surface area contributed by atoms with E-state index in [1.54, 1.807) is 0 Å². The zero-order chi connectivity index (χ0) is 9.42. The lowest BCUT2D eigenvalue weighted by atomic mass is 10.1. The topological polar surface area (TPSA) is 0 Å². The van der Waals surface area contributed by atoms with E-state index in [4.69, 9.17) is 0 Å². The number of hydrogen-bond donors (Lipinski definition) is 0. The molecule has 0 N–H and O–H groups in total. The summed E-state index contributed by atoms with van der Waals surface area (Å²) >= 11 is 7.88. The number of halogens is 2. The summed E-state index contributed by atoms with van der Waals surface area (Å²) in [6.45, 7) is 2.21. The van der Waals surface area contributed by atoms with E-state index < -0.39 is 0 Å². The first-order valence-electron chi connectivity index (χ1n) is 4.09. The van der Waals surface area contributed by atoms with Gasteiger partial charge >= 0.3 is 0 Å². The van der Waals surface area contributed by atoms with Crippen LogP contribution in [0.15, 0.2) is 22.7 Å². The number of aryl methyl sites for hydroxylation is 1. The Morgan fingerprint density at radius 1 is 1.46 bits per heavy atom. The Morgan fingerprint density at radius 2 is 2.23 bits per heavy atom. The minimum atomic E-state index is 1.12. The molecule has 0 aliphatic heterocycles. The van der Waals surface area contributed by atoms with E-state index in [1.807, 2.05) is 11.3 Å². The molecule has 0 saturated carbocycles. The summed E-state index contributed by atoms with van der Waals surface area (Å²) in [6, 6.07) is 6.42. The van der Waals surface area contributed by atoms with Crippen molar-refractivity contribution < 1.29 is 0 Å². The van der Waals surface area contributed by atoms with Gasteiger partial charge in [0.25, 0.3) is 0 Å². The Morgan fingerprint density at radius 3 is 2.92 bits per heavy atom. The lowest BCUT2D eigenvalue weighted by molar-refractivity contribution is 1.16. The van der Waals surface area contributed by atoms with Gasteiger partial charge in [0, 0.05) is 9.17 Å². The molecule has 1 heterocycles. The largest absolute Gasteiger partial charge is 0.128 e. The van der Waals surface area contributed by atoms with Gasteiger partial charge in [-0.1, -0.05) is 19.1 Å². The number of benzene rings is 1. The van der Waals surface area contributed by atoms with Gasteiger partial charge in [0.15, 0.2) is 0 Å². The van der Waals surface area contributed by atoms with E-state index in [-0.39, 0.29) is 0 Å². The van der Waals surface area contributed by atoms with Crippen molar-refractivity contribution in [3.05, 3.63) is 31.1 Å². The number of thiophene rings is 1. The first kappa shape index (κ1) is 9.93. The molecule has 0 atom stereocenters. The molecular formula is C10H8BrIS. The second kappa shape index (κ2) is 3.87. The van der Waals surface area contributed by atoms with Gasteiger partial charge in [-0.3, -0.25) is 0 Å². The fraction of sp³-hybridized carbons (Fsp3) is 0.200. The Bertz CT molecular complexity index is 447. The van der Waals surface area contributed by atoms with E-state index in [1.165, 1.54) is 23.0 Å². The summed E-state index contributed by atoms with van der Waals surface area (Å²) in [5.41, 5.74) is 1.49. The van der Waals surface area contributed by atoms with Crippen molar-refractivity contribution in [2.24, 2.45) is 0 Å². The predicted octanol–water partition coefficient (Wildman–Crippen LogP) is 4.83. The van der Waals surface area contributed by atoms with E-state index in [9.17, 15) is 0 Å². The number of rotatable bonds is 1. The molecular weight excluding hydrogens is 359 g/mol. The smallest absolute Gasteiger partial charge is 0.0698 e. The summed E-state index contributed by atoms with van der Waals surface area (Å²) in [6.07, 6.45) is 1.12. The first-order valence-corrected chi connectivity index (χ1v) is 6.78. The lowest BCUT2D eigenvalue weighted by Crippen LogP contribution is -1.78. The Balaban J connectivity index is 2.86. The zero-order valence-electron chi connectivity index (χ0n) is 7.10. The van der Waals surface area contributed by atoms with Crippen LogP contribution < -0.4 is 0 Å². The second-order valence-electron chi connectivity index (χ2n) is 2.82. The average Bonchev–Trinajstić information content (AvgIpc) is 2.43. The summed E-state index contributed by atoms with van der Waals surface area (Å²) in [5.74, 6) is 0. The van der Waals surface area contributed by atoms with Gasteiger partial charge in [0.1, 0.15) is 0 Å². The molecule has 0 aliphatic rings. The minimum Gasteiger partial charge on any atom is -0.128 e. The highest BCUT2D eigenvalue weighted by atomic mass is 127. The van der Waals surface area contributed by atoms with Gasteiger partial charge in [-0.2, -0.15) is 0 Å². The van der Waals surface area contributed by atoms with Gasteiger partial charge in [0.05, 0.1) is 2.88 Å². The van der Waals surface area contributed by atoms with Crippen LogP contribution in [0.5, 0.6) is 0 Å². The van der Waals surface area contributed by atoms with Crippen molar-refractivity contribution in [3.63, 3.8) is 0 Å². The highest BCUT2D eigenvalue weighted by molar-refractivity contribution is 14.1. The van der Waals surface area contributed by atoms with Crippen LogP contribution in [0.1, 0.15) is 12.5 Å². The number of fused-ring (bicyclic) bond motifs is 1. The molecule has 0 unspecified atom stereocenters. The summed E-state index contributed by atoms with van der Waals surface area (Å²) < 4.78 is 4.01. The van der Waals surface area contributed by atoms with E-state index in [0.29, 0.717) is 0 Å². The van der Waals surface area contributed by atoms with Crippen LogP contribution in [0.3, 0.4) is 0 Å². The molecule has 2 aromatic rings. The second-order valence-corrected chi connectivity index (χ2v) is 6.51. The SMILES string of the molecule is CCc1c(I)sc2c(Br)cccc12. The highest BCUT2D eigenvalue weighted by Gasteiger charge is 2.09. The monoisotopic (exact) mass is 366 g/mol. The van der Waals surface area contributed by atoms with Crippen LogP contribution in [-0.2, 0) is 6.42 Å². The molecule has 68 valence electrons. The predicted molar refractivity (Wildman–Crippen MR) is 71.6 cm³/mol. The molecule has 0 aliphatic carbocycles. The quantitative estimate of drug-likeness (QED) is 0.634. The lowest BCUT2D eigenvalue weighted by Gasteiger charge is -1.95. The molecule has 0 spiro atoms. The van der Waals surface area contributed by atoms with Crippen molar-refractivity contribution in [3.8, 4) is 0 Å². The van der Waals surface area contributed by atoms with Crippen LogP contribution in [0.2, 0.25) is 0 Å². The fourth-order valence-corrected chi connectivity index (χ4v) is 4.40. The van der Waals surface area contributed by atoms with E-state index in [2.05, 4.69) is 63.6 Å². The first-order chi connectivity index (χ1) is 6.24. The van der Waals surface area contributed by atoms with Gasteiger partial charge in [-0.25, -0.2) is 0 Å². The van der Waals surface area contributed by atoms with Crippen LogP contribution in [-0.4, -0.2) is 0 Å². The Hall–Kier alpha value is 0.390. The maximum Gasteiger partial charge on any atom is 0.0698 e. The molecule has 0 bridgehead atoms. The van der Waals surface area contributed by atoms with Gasteiger partial charge < -0.3 is 0 Å². The third kappa shape index (κ3) is 1.66. The molecule has 0 fully saturated rings. The summed E-state index contributed by atoms with van der Waals surface area (Å²) in [4.78, 5) is 0. The van der Waals surface area contributed by atoms with Gasteiger partial charge in [-0.05, 0) is 62.0 Å². The molecule has 3 heteroatoms. The van der Waals surface area contributed by atoms with E-state index >= 15 is 0 Å². The Kier molecular flexibility index (Phi) is 2.95.